The first-order valence-electron chi connectivity index (χ1n) is 12.1. The molecule has 0 aliphatic heterocycles. The first-order chi connectivity index (χ1) is 18.1. The van der Waals surface area contributed by atoms with Gasteiger partial charge in [0.15, 0.2) is 0 Å². The molecule has 182 valence electrons. The molecule has 37 heavy (non-hydrogen) atoms. The molecule has 6 rings (SSSR count). The van der Waals surface area contributed by atoms with Crippen LogP contribution >= 0.6 is 0 Å². The summed E-state index contributed by atoms with van der Waals surface area (Å²) in [6.07, 6.45) is 6.32. The van der Waals surface area contributed by atoms with E-state index in [0.29, 0.717) is 17.8 Å². The average molecular weight is 491 g/mol. The van der Waals surface area contributed by atoms with E-state index in [4.69, 9.17) is 0 Å². The number of benzene rings is 2. The first-order valence-corrected chi connectivity index (χ1v) is 12.1. The molecular formula is C29H23FN6O. The fourth-order valence-corrected chi connectivity index (χ4v) is 4.57. The van der Waals surface area contributed by atoms with E-state index in [2.05, 4.69) is 30.5 Å². The molecule has 0 radical (unpaired) electrons. The Morgan fingerprint density at radius 1 is 0.946 bits per heavy atom. The van der Waals surface area contributed by atoms with Crippen molar-refractivity contribution in [1.82, 2.24) is 25.1 Å². The van der Waals surface area contributed by atoms with Gasteiger partial charge in [-0.25, -0.2) is 4.39 Å². The monoisotopic (exact) mass is 490 g/mol. The number of hydrogen-bond acceptors (Lipinski definition) is 4. The van der Waals surface area contributed by atoms with Crippen molar-refractivity contribution in [1.29, 1.82) is 0 Å². The number of carbonyl (C=O) groups is 1. The Labute approximate surface area is 211 Å². The molecule has 4 heterocycles. The lowest BCUT2D eigenvalue weighted by Gasteiger charge is -2.06. The molecule has 7 nitrogen and oxygen atoms in total. The Balaban J connectivity index is 1.40. The number of pyridine rings is 2. The zero-order valence-electron chi connectivity index (χ0n) is 20.0. The van der Waals surface area contributed by atoms with Gasteiger partial charge in [-0.2, -0.15) is 5.10 Å². The fourth-order valence-electron chi connectivity index (χ4n) is 4.57. The third-order valence-corrected chi connectivity index (χ3v) is 6.30. The molecule has 8 heteroatoms. The van der Waals surface area contributed by atoms with E-state index in [-0.39, 0.29) is 11.7 Å². The first kappa shape index (κ1) is 22.6. The van der Waals surface area contributed by atoms with Crippen LogP contribution in [-0.2, 0) is 4.79 Å². The van der Waals surface area contributed by atoms with Crippen molar-refractivity contribution in [3.05, 3.63) is 85.1 Å². The van der Waals surface area contributed by atoms with Crippen LogP contribution in [0.3, 0.4) is 0 Å². The van der Waals surface area contributed by atoms with E-state index < -0.39 is 0 Å². The number of hydrogen-bond donors (Lipinski definition) is 3. The van der Waals surface area contributed by atoms with Gasteiger partial charge in [0.05, 0.1) is 35.0 Å². The standard InChI is InChI=1S/C29H23FN6O/c1-2-5-28(37)33-20-11-18(14-31-15-20)25-13-23-27(16-32-25)35-36-29(23)26-12-22-21(8-4-9-24(22)34-26)17-6-3-7-19(30)10-17/h3-4,6-16,34H,2,5H2,1H3,(H,33,37)(H,35,36). The second-order valence-electron chi connectivity index (χ2n) is 8.91. The molecule has 0 spiro atoms. The van der Waals surface area contributed by atoms with Crippen molar-refractivity contribution < 1.29 is 9.18 Å². The number of fused-ring (bicyclic) bond motifs is 2. The van der Waals surface area contributed by atoms with Crippen LogP contribution in [0.2, 0.25) is 0 Å². The Hall–Kier alpha value is -4.85. The number of rotatable bonds is 6. The van der Waals surface area contributed by atoms with Crippen LogP contribution in [0, 0.1) is 5.82 Å². The number of H-pyrrole nitrogens is 2. The maximum Gasteiger partial charge on any atom is 0.224 e. The van der Waals surface area contributed by atoms with E-state index >= 15 is 0 Å². The molecule has 0 aliphatic carbocycles. The molecule has 0 saturated carbocycles. The topological polar surface area (TPSA) is 99.4 Å². The van der Waals surface area contributed by atoms with Crippen molar-refractivity contribution in [3.8, 4) is 33.8 Å². The zero-order valence-corrected chi connectivity index (χ0v) is 20.0. The molecule has 0 bridgehead atoms. The molecule has 1 amide bonds. The lowest BCUT2D eigenvalue weighted by Crippen LogP contribution is -2.10. The maximum atomic E-state index is 13.9. The highest BCUT2D eigenvalue weighted by Crippen LogP contribution is 2.35. The lowest BCUT2D eigenvalue weighted by atomic mass is 10.0. The molecule has 0 aliphatic rings. The normalized spacial score (nSPS) is 11.3. The van der Waals surface area contributed by atoms with Crippen LogP contribution < -0.4 is 5.32 Å². The minimum atomic E-state index is -0.271. The molecule has 3 N–H and O–H groups in total. The second kappa shape index (κ2) is 9.31. The molecule has 0 unspecified atom stereocenters. The summed E-state index contributed by atoms with van der Waals surface area (Å²) in [5.41, 5.74) is 7.19. The molecule has 6 aromatic rings. The molecule has 0 fully saturated rings. The van der Waals surface area contributed by atoms with Crippen LogP contribution in [0.5, 0.6) is 0 Å². The number of halogens is 1. The number of aromatic amines is 2. The summed E-state index contributed by atoms with van der Waals surface area (Å²) in [6, 6.07) is 18.4. The third-order valence-electron chi connectivity index (χ3n) is 6.30. The van der Waals surface area contributed by atoms with E-state index in [1.54, 1.807) is 24.7 Å². The number of carbonyl (C=O) groups excluding carboxylic acids is 1. The largest absolute Gasteiger partial charge is 0.353 e. The van der Waals surface area contributed by atoms with Crippen LogP contribution in [-0.4, -0.2) is 31.1 Å². The summed E-state index contributed by atoms with van der Waals surface area (Å²) in [7, 11) is 0. The molecular weight excluding hydrogens is 467 g/mol. The highest BCUT2D eigenvalue weighted by molar-refractivity contribution is 6.01. The Morgan fingerprint density at radius 2 is 1.84 bits per heavy atom. The van der Waals surface area contributed by atoms with Gasteiger partial charge in [0.2, 0.25) is 5.91 Å². The fraction of sp³-hybridized carbons (Fsp3) is 0.103. The van der Waals surface area contributed by atoms with Gasteiger partial charge >= 0.3 is 0 Å². The summed E-state index contributed by atoms with van der Waals surface area (Å²) in [4.78, 5) is 24.3. The minimum Gasteiger partial charge on any atom is -0.353 e. The summed E-state index contributed by atoms with van der Waals surface area (Å²) in [6.45, 7) is 1.96. The number of aromatic nitrogens is 5. The smallest absolute Gasteiger partial charge is 0.224 e. The van der Waals surface area contributed by atoms with Crippen molar-refractivity contribution in [2.75, 3.05) is 5.32 Å². The van der Waals surface area contributed by atoms with Crippen molar-refractivity contribution in [2.24, 2.45) is 0 Å². The van der Waals surface area contributed by atoms with Crippen LogP contribution in [0.15, 0.2) is 79.3 Å². The highest BCUT2D eigenvalue weighted by atomic mass is 19.1. The van der Waals surface area contributed by atoms with Gasteiger partial charge in [-0.1, -0.05) is 31.2 Å². The predicted octanol–water partition coefficient (Wildman–Crippen LogP) is 6.71. The van der Waals surface area contributed by atoms with Crippen LogP contribution in [0.1, 0.15) is 19.8 Å². The van der Waals surface area contributed by atoms with Crippen molar-refractivity contribution in [3.63, 3.8) is 0 Å². The van der Waals surface area contributed by atoms with Crippen molar-refractivity contribution in [2.45, 2.75) is 19.8 Å². The van der Waals surface area contributed by atoms with Gasteiger partial charge in [-0.05, 0) is 53.9 Å². The zero-order chi connectivity index (χ0) is 25.4. The number of amides is 1. The highest BCUT2D eigenvalue weighted by Gasteiger charge is 2.15. The molecule has 0 atom stereocenters. The predicted molar refractivity (Wildman–Crippen MR) is 143 cm³/mol. The summed E-state index contributed by atoms with van der Waals surface area (Å²) in [5, 5.41) is 12.4. The Morgan fingerprint density at radius 3 is 2.70 bits per heavy atom. The van der Waals surface area contributed by atoms with Crippen molar-refractivity contribution >= 4 is 33.4 Å². The summed E-state index contributed by atoms with van der Waals surface area (Å²) in [5.74, 6) is -0.314. The number of nitrogens with one attached hydrogen (secondary N) is 3. The Kier molecular flexibility index (Phi) is 5.69. The quantitative estimate of drug-likeness (QED) is 0.241. The van der Waals surface area contributed by atoms with Gasteiger partial charge < -0.3 is 10.3 Å². The van der Waals surface area contributed by atoms with Crippen LogP contribution in [0.25, 0.3) is 55.6 Å². The van der Waals surface area contributed by atoms with E-state index in [9.17, 15) is 9.18 Å². The minimum absolute atomic E-state index is 0.0431. The van der Waals surface area contributed by atoms with Gasteiger partial charge in [0.25, 0.3) is 0 Å². The maximum absolute atomic E-state index is 13.9. The van der Waals surface area contributed by atoms with Gasteiger partial charge in [0.1, 0.15) is 11.5 Å². The second-order valence-corrected chi connectivity index (χ2v) is 8.91. The van der Waals surface area contributed by atoms with E-state index in [1.807, 2.05) is 49.4 Å². The summed E-state index contributed by atoms with van der Waals surface area (Å²) < 4.78 is 13.9. The average Bonchev–Trinajstić information content (AvgIpc) is 3.52. The number of nitrogens with zero attached hydrogens (tertiary/aromatic N) is 3. The molecule has 4 aromatic heterocycles. The lowest BCUT2D eigenvalue weighted by molar-refractivity contribution is -0.116. The van der Waals surface area contributed by atoms with Gasteiger partial charge in [-0.3, -0.25) is 19.9 Å². The van der Waals surface area contributed by atoms with Gasteiger partial charge in [0, 0.05) is 34.5 Å². The van der Waals surface area contributed by atoms with Gasteiger partial charge in [-0.15, -0.1) is 0 Å². The van der Waals surface area contributed by atoms with E-state index in [1.165, 1.54) is 12.1 Å². The SMILES string of the molecule is CCCC(=O)Nc1cncc(-c2cc3c(-c4cc5c(-c6cccc(F)c6)cccc5[nH]4)n[nH]c3cn2)c1. The van der Waals surface area contributed by atoms with Crippen LogP contribution in [0.4, 0.5) is 10.1 Å². The number of anilines is 1. The molecule has 0 saturated heterocycles. The third kappa shape index (κ3) is 4.33. The summed E-state index contributed by atoms with van der Waals surface area (Å²) >= 11 is 0. The Bertz CT molecular complexity index is 1770. The van der Waals surface area contributed by atoms with E-state index in [0.717, 1.165) is 56.3 Å². The molecule has 2 aromatic carbocycles.